The van der Waals surface area contributed by atoms with E-state index in [4.69, 9.17) is 0 Å². The van der Waals surface area contributed by atoms with Crippen LogP contribution < -0.4 is 10.6 Å². The predicted octanol–water partition coefficient (Wildman–Crippen LogP) is 5.24. The van der Waals surface area contributed by atoms with Crippen LogP contribution in [0.25, 0.3) is 16.6 Å². The van der Waals surface area contributed by atoms with Gasteiger partial charge in [-0.15, -0.1) is 5.10 Å². The number of anilines is 2. The molecule has 2 aromatic heterocycles. The van der Waals surface area contributed by atoms with Crippen LogP contribution in [0.5, 0.6) is 0 Å². The Labute approximate surface area is 208 Å². The lowest BCUT2D eigenvalue weighted by atomic mass is 10.1. The van der Waals surface area contributed by atoms with E-state index in [9.17, 15) is 9.59 Å². The number of nitrogens with one attached hydrogen (secondary N) is 2. The molecule has 0 aliphatic heterocycles. The van der Waals surface area contributed by atoms with Crippen LogP contribution in [0.15, 0.2) is 53.7 Å². The lowest BCUT2D eigenvalue weighted by molar-refractivity contribution is -0.114. The topological polar surface area (TPSA) is 102 Å². The van der Waals surface area contributed by atoms with Gasteiger partial charge in [-0.1, -0.05) is 37.7 Å². The van der Waals surface area contributed by atoms with Gasteiger partial charge in [0.05, 0.1) is 23.3 Å². The Hall–Kier alpha value is -3.72. The van der Waals surface area contributed by atoms with Crippen molar-refractivity contribution in [1.29, 1.82) is 0 Å². The molecule has 0 fully saturated rings. The Bertz CT molecular complexity index is 1410. The van der Waals surface area contributed by atoms with Crippen LogP contribution in [0.3, 0.4) is 0 Å². The van der Waals surface area contributed by atoms with Gasteiger partial charge in [-0.2, -0.15) is 10.2 Å². The number of aryl methyl sites for hydroxylation is 2. The van der Waals surface area contributed by atoms with Crippen LogP contribution in [0.4, 0.5) is 11.4 Å². The number of nitrogens with zero attached hydrogens (tertiary/aromatic N) is 4. The zero-order valence-corrected chi connectivity index (χ0v) is 21.2. The lowest BCUT2D eigenvalue weighted by Crippen LogP contribution is -2.15. The van der Waals surface area contributed by atoms with E-state index < -0.39 is 0 Å². The van der Waals surface area contributed by atoms with Gasteiger partial charge in [0, 0.05) is 23.7 Å². The summed E-state index contributed by atoms with van der Waals surface area (Å²) in [6.45, 7) is 9.74. The van der Waals surface area contributed by atoms with Crippen molar-refractivity contribution in [3.63, 3.8) is 0 Å². The van der Waals surface area contributed by atoms with Crippen molar-refractivity contribution < 1.29 is 9.59 Å². The minimum absolute atomic E-state index is 0.146. The van der Waals surface area contributed by atoms with E-state index in [0.717, 1.165) is 22.3 Å². The highest BCUT2D eigenvalue weighted by Gasteiger charge is 2.19. The molecule has 4 rings (SSSR count). The standard InChI is InChI=1S/C26H28N6O2S/c1-15(2)24-22-13-27-32(21-10-9-16(3)17(4)11-21)25(22)26(31-30-24)35-14-23(34)29-20-8-6-7-19(12-20)28-18(5)33/h6-13,15H,14H2,1-5H3,(H,28,33)(H,29,34). The second-order valence-electron chi connectivity index (χ2n) is 8.73. The first-order valence-corrected chi connectivity index (χ1v) is 12.3. The summed E-state index contributed by atoms with van der Waals surface area (Å²) in [6.07, 6.45) is 1.83. The molecule has 0 unspecified atom stereocenters. The van der Waals surface area contributed by atoms with Crippen LogP contribution in [0.2, 0.25) is 0 Å². The van der Waals surface area contributed by atoms with Crippen LogP contribution >= 0.6 is 11.8 Å². The Morgan fingerprint density at radius 1 is 1.00 bits per heavy atom. The summed E-state index contributed by atoms with van der Waals surface area (Å²) in [5.74, 6) is -0.0274. The molecular formula is C26H28N6O2S. The molecule has 2 aromatic carbocycles. The Morgan fingerprint density at radius 2 is 1.74 bits per heavy atom. The molecule has 9 heteroatoms. The van der Waals surface area contributed by atoms with Gasteiger partial charge in [-0.25, -0.2) is 4.68 Å². The number of fused-ring (bicyclic) bond motifs is 1. The zero-order valence-electron chi connectivity index (χ0n) is 20.4. The van der Waals surface area contributed by atoms with E-state index in [-0.39, 0.29) is 23.5 Å². The number of hydrogen-bond donors (Lipinski definition) is 2. The molecule has 0 aliphatic rings. The number of carbonyl (C=O) groups is 2. The predicted molar refractivity (Wildman–Crippen MR) is 140 cm³/mol. The maximum atomic E-state index is 12.7. The second-order valence-corrected chi connectivity index (χ2v) is 9.70. The average Bonchev–Trinajstić information content (AvgIpc) is 3.24. The summed E-state index contributed by atoms with van der Waals surface area (Å²) < 4.78 is 1.87. The first-order valence-electron chi connectivity index (χ1n) is 11.3. The molecule has 0 saturated heterocycles. The van der Waals surface area contributed by atoms with Gasteiger partial charge in [0.1, 0.15) is 10.5 Å². The molecular weight excluding hydrogens is 460 g/mol. The van der Waals surface area contributed by atoms with E-state index in [1.807, 2.05) is 16.9 Å². The van der Waals surface area contributed by atoms with Crippen molar-refractivity contribution in [1.82, 2.24) is 20.0 Å². The molecule has 35 heavy (non-hydrogen) atoms. The molecule has 8 nitrogen and oxygen atoms in total. The number of amides is 2. The van der Waals surface area contributed by atoms with Crippen LogP contribution in [-0.4, -0.2) is 37.5 Å². The number of carbonyl (C=O) groups excluding carboxylic acids is 2. The van der Waals surface area contributed by atoms with Crippen molar-refractivity contribution in [2.24, 2.45) is 0 Å². The molecule has 2 heterocycles. The number of thioether (sulfide) groups is 1. The van der Waals surface area contributed by atoms with Crippen LogP contribution in [0.1, 0.15) is 43.5 Å². The van der Waals surface area contributed by atoms with E-state index in [1.54, 1.807) is 24.3 Å². The number of aromatic nitrogens is 4. The lowest BCUT2D eigenvalue weighted by Gasteiger charge is -2.12. The molecule has 0 saturated carbocycles. The maximum Gasteiger partial charge on any atom is 0.234 e. The summed E-state index contributed by atoms with van der Waals surface area (Å²) in [4.78, 5) is 24.0. The average molecular weight is 489 g/mol. The minimum Gasteiger partial charge on any atom is -0.326 e. The minimum atomic E-state index is -0.185. The Balaban J connectivity index is 1.61. The summed E-state index contributed by atoms with van der Waals surface area (Å²) in [6, 6.07) is 13.2. The highest BCUT2D eigenvalue weighted by atomic mass is 32.2. The van der Waals surface area contributed by atoms with Crippen molar-refractivity contribution in [3.05, 3.63) is 65.5 Å². The number of benzene rings is 2. The third-order valence-electron chi connectivity index (χ3n) is 5.58. The summed E-state index contributed by atoms with van der Waals surface area (Å²) in [5.41, 5.74) is 6.27. The SMILES string of the molecule is CC(=O)Nc1cccc(NC(=O)CSc2nnc(C(C)C)c3cnn(-c4ccc(C)c(C)c4)c23)c1. The van der Waals surface area contributed by atoms with Crippen LogP contribution in [0, 0.1) is 13.8 Å². The van der Waals surface area contributed by atoms with Gasteiger partial charge in [-0.05, 0) is 61.2 Å². The normalized spacial score (nSPS) is 11.1. The molecule has 2 amide bonds. The number of hydrogen-bond acceptors (Lipinski definition) is 6. The fourth-order valence-corrected chi connectivity index (χ4v) is 4.50. The van der Waals surface area contributed by atoms with Crippen molar-refractivity contribution in [2.45, 2.75) is 45.6 Å². The van der Waals surface area contributed by atoms with Crippen LogP contribution in [-0.2, 0) is 9.59 Å². The fourth-order valence-electron chi connectivity index (χ4n) is 3.73. The molecule has 0 bridgehead atoms. The highest BCUT2D eigenvalue weighted by Crippen LogP contribution is 2.32. The van der Waals surface area contributed by atoms with Gasteiger partial charge >= 0.3 is 0 Å². The quantitative estimate of drug-likeness (QED) is 0.345. The largest absolute Gasteiger partial charge is 0.326 e. The third-order valence-corrected chi connectivity index (χ3v) is 6.54. The Kier molecular flexibility index (Phi) is 7.16. The summed E-state index contributed by atoms with van der Waals surface area (Å²) in [5, 5.41) is 20.7. The van der Waals surface area contributed by atoms with Crippen molar-refractivity contribution in [3.8, 4) is 5.69 Å². The zero-order chi connectivity index (χ0) is 25.1. The first-order chi connectivity index (χ1) is 16.7. The first kappa shape index (κ1) is 24.4. The third kappa shape index (κ3) is 5.51. The van der Waals surface area contributed by atoms with Gasteiger partial charge < -0.3 is 10.6 Å². The summed E-state index contributed by atoms with van der Waals surface area (Å²) >= 11 is 1.32. The van der Waals surface area contributed by atoms with Gasteiger partial charge in [0.2, 0.25) is 11.8 Å². The molecule has 0 spiro atoms. The summed E-state index contributed by atoms with van der Waals surface area (Å²) in [7, 11) is 0. The Morgan fingerprint density at radius 3 is 2.43 bits per heavy atom. The molecule has 0 radical (unpaired) electrons. The molecule has 0 aliphatic carbocycles. The maximum absolute atomic E-state index is 12.7. The van der Waals surface area contributed by atoms with Gasteiger partial charge in [0.15, 0.2) is 0 Å². The van der Waals surface area contributed by atoms with E-state index in [2.05, 4.69) is 65.8 Å². The van der Waals surface area contributed by atoms with E-state index in [1.165, 1.54) is 29.8 Å². The van der Waals surface area contributed by atoms with Gasteiger partial charge in [-0.3, -0.25) is 9.59 Å². The monoisotopic (exact) mass is 488 g/mol. The molecule has 0 atom stereocenters. The van der Waals surface area contributed by atoms with E-state index >= 15 is 0 Å². The molecule has 180 valence electrons. The number of rotatable bonds is 7. The van der Waals surface area contributed by atoms with E-state index in [0.29, 0.717) is 16.4 Å². The highest BCUT2D eigenvalue weighted by molar-refractivity contribution is 8.00. The second kappa shape index (κ2) is 10.3. The molecule has 4 aromatic rings. The smallest absolute Gasteiger partial charge is 0.234 e. The molecule has 2 N–H and O–H groups in total. The van der Waals surface area contributed by atoms with Crippen molar-refractivity contribution in [2.75, 3.05) is 16.4 Å². The fraction of sp³-hybridized carbons (Fsp3) is 0.269. The van der Waals surface area contributed by atoms with Crippen molar-refractivity contribution >= 4 is 45.9 Å². The van der Waals surface area contributed by atoms with Gasteiger partial charge in [0.25, 0.3) is 0 Å².